The van der Waals surface area contributed by atoms with Gasteiger partial charge in [0.25, 0.3) is 11.6 Å². The molecule has 2 rings (SSSR count). The second-order valence-electron chi connectivity index (χ2n) is 4.24. The standard InChI is InChI=1S/C13H13N3O4S/c1-7-12(21-8(2)14-7)13(17)15-10-5-4-9(16(18)19)6-11(10)20-3/h4-6H,1-3H3,(H,15,17). The van der Waals surface area contributed by atoms with Gasteiger partial charge in [-0.25, -0.2) is 4.98 Å². The minimum atomic E-state index is -0.523. The second kappa shape index (κ2) is 5.88. The van der Waals surface area contributed by atoms with Crippen LogP contribution in [0.15, 0.2) is 18.2 Å². The van der Waals surface area contributed by atoms with E-state index in [1.54, 1.807) is 6.92 Å². The molecule has 1 amide bonds. The summed E-state index contributed by atoms with van der Waals surface area (Å²) in [4.78, 5) is 27.1. The normalized spacial score (nSPS) is 10.2. The Morgan fingerprint density at radius 1 is 1.43 bits per heavy atom. The SMILES string of the molecule is COc1cc([N+](=O)[O-])ccc1NC(=O)c1sc(C)nc1C. The van der Waals surface area contributed by atoms with Gasteiger partial charge in [-0.15, -0.1) is 11.3 Å². The van der Waals surface area contributed by atoms with E-state index in [4.69, 9.17) is 4.74 Å². The van der Waals surface area contributed by atoms with Crippen molar-refractivity contribution in [2.24, 2.45) is 0 Å². The van der Waals surface area contributed by atoms with Crippen molar-refractivity contribution in [3.63, 3.8) is 0 Å². The highest BCUT2D eigenvalue weighted by Crippen LogP contribution is 2.30. The number of methoxy groups -OCH3 is 1. The molecule has 1 aromatic heterocycles. The van der Waals surface area contributed by atoms with Gasteiger partial charge in [0.2, 0.25) is 0 Å². The lowest BCUT2D eigenvalue weighted by Crippen LogP contribution is -2.12. The van der Waals surface area contributed by atoms with Crippen molar-refractivity contribution in [2.45, 2.75) is 13.8 Å². The molecule has 0 saturated heterocycles. The van der Waals surface area contributed by atoms with Crippen LogP contribution in [-0.2, 0) is 0 Å². The minimum absolute atomic E-state index is 0.102. The Kier molecular flexibility index (Phi) is 4.18. The summed E-state index contributed by atoms with van der Waals surface area (Å²) < 4.78 is 5.08. The molecule has 0 atom stereocenters. The molecule has 21 heavy (non-hydrogen) atoms. The molecule has 7 nitrogen and oxygen atoms in total. The van der Waals surface area contributed by atoms with Gasteiger partial charge in [-0.1, -0.05) is 0 Å². The molecular weight excluding hydrogens is 294 g/mol. The van der Waals surface area contributed by atoms with Crippen molar-refractivity contribution in [1.82, 2.24) is 4.98 Å². The highest BCUT2D eigenvalue weighted by Gasteiger charge is 2.17. The average molecular weight is 307 g/mol. The number of benzene rings is 1. The first-order valence-electron chi connectivity index (χ1n) is 6.00. The van der Waals surface area contributed by atoms with Crippen LogP contribution >= 0.6 is 11.3 Å². The summed E-state index contributed by atoms with van der Waals surface area (Å²) in [5.41, 5.74) is 0.920. The molecule has 0 fully saturated rings. The van der Waals surface area contributed by atoms with Crippen LogP contribution in [-0.4, -0.2) is 22.9 Å². The molecule has 0 aliphatic heterocycles. The van der Waals surface area contributed by atoms with E-state index in [1.165, 1.54) is 36.6 Å². The number of ether oxygens (including phenoxy) is 1. The van der Waals surface area contributed by atoms with Crippen LogP contribution < -0.4 is 10.1 Å². The van der Waals surface area contributed by atoms with Crippen LogP contribution in [0, 0.1) is 24.0 Å². The fourth-order valence-electron chi connectivity index (χ4n) is 1.82. The first-order valence-corrected chi connectivity index (χ1v) is 6.82. The molecule has 0 aliphatic rings. The summed E-state index contributed by atoms with van der Waals surface area (Å²) in [5.74, 6) is -0.0818. The van der Waals surface area contributed by atoms with Gasteiger partial charge in [0.1, 0.15) is 10.6 Å². The van der Waals surface area contributed by atoms with Crippen molar-refractivity contribution in [3.05, 3.63) is 43.9 Å². The van der Waals surface area contributed by atoms with E-state index in [2.05, 4.69) is 10.3 Å². The van der Waals surface area contributed by atoms with Gasteiger partial charge >= 0.3 is 0 Å². The maximum atomic E-state index is 12.2. The molecule has 8 heteroatoms. The second-order valence-corrected chi connectivity index (χ2v) is 5.45. The number of aryl methyl sites for hydroxylation is 2. The number of nitrogens with one attached hydrogen (secondary N) is 1. The Morgan fingerprint density at radius 3 is 2.67 bits per heavy atom. The van der Waals surface area contributed by atoms with E-state index in [-0.39, 0.29) is 17.3 Å². The van der Waals surface area contributed by atoms with Gasteiger partial charge in [-0.3, -0.25) is 14.9 Å². The maximum Gasteiger partial charge on any atom is 0.273 e. The minimum Gasteiger partial charge on any atom is -0.494 e. The average Bonchev–Trinajstić information content (AvgIpc) is 2.78. The van der Waals surface area contributed by atoms with E-state index >= 15 is 0 Å². The fraction of sp³-hybridized carbons (Fsp3) is 0.231. The number of aromatic nitrogens is 1. The number of rotatable bonds is 4. The number of nitro benzene ring substituents is 1. The van der Waals surface area contributed by atoms with Crippen LogP contribution in [0.3, 0.4) is 0 Å². The first kappa shape index (κ1) is 14.9. The van der Waals surface area contributed by atoms with Crippen LogP contribution in [0.2, 0.25) is 0 Å². The van der Waals surface area contributed by atoms with Gasteiger partial charge < -0.3 is 10.1 Å². The number of hydrogen-bond donors (Lipinski definition) is 1. The zero-order valence-electron chi connectivity index (χ0n) is 11.7. The molecule has 110 valence electrons. The lowest BCUT2D eigenvalue weighted by molar-refractivity contribution is -0.384. The molecule has 0 spiro atoms. The summed E-state index contributed by atoms with van der Waals surface area (Å²) in [6, 6.07) is 4.02. The molecule has 1 heterocycles. The number of thiazole rings is 1. The zero-order valence-corrected chi connectivity index (χ0v) is 12.5. The van der Waals surface area contributed by atoms with Gasteiger partial charge in [0.15, 0.2) is 0 Å². The van der Waals surface area contributed by atoms with Crippen molar-refractivity contribution in [3.8, 4) is 5.75 Å². The van der Waals surface area contributed by atoms with Gasteiger partial charge in [-0.05, 0) is 19.9 Å². The molecule has 2 aromatic rings. The smallest absolute Gasteiger partial charge is 0.273 e. The van der Waals surface area contributed by atoms with E-state index in [0.29, 0.717) is 16.3 Å². The predicted octanol–water partition coefficient (Wildman–Crippen LogP) is 2.93. The van der Waals surface area contributed by atoms with Gasteiger partial charge in [0, 0.05) is 6.07 Å². The number of nitrogens with zero attached hydrogens (tertiary/aromatic N) is 2. The number of non-ortho nitro benzene ring substituents is 1. The van der Waals surface area contributed by atoms with E-state index in [9.17, 15) is 14.9 Å². The lowest BCUT2D eigenvalue weighted by Gasteiger charge is -2.09. The summed E-state index contributed by atoms with van der Waals surface area (Å²) in [6.07, 6.45) is 0. The third kappa shape index (κ3) is 3.16. The number of anilines is 1. The van der Waals surface area contributed by atoms with Crippen LogP contribution in [0.4, 0.5) is 11.4 Å². The predicted molar refractivity (Wildman–Crippen MR) is 79.2 cm³/mol. The van der Waals surface area contributed by atoms with Crippen LogP contribution in [0.1, 0.15) is 20.4 Å². The van der Waals surface area contributed by atoms with E-state index in [0.717, 1.165) is 5.01 Å². The molecule has 0 saturated carbocycles. The Balaban J connectivity index is 2.29. The molecule has 1 N–H and O–H groups in total. The number of amides is 1. The molecule has 0 unspecified atom stereocenters. The van der Waals surface area contributed by atoms with Crippen LogP contribution in [0.5, 0.6) is 5.75 Å². The van der Waals surface area contributed by atoms with Crippen molar-refractivity contribution in [1.29, 1.82) is 0 Å². The van der Waals surface area contributed by atoms with E-state index in [1.807, 2.05) is 6.92 Å². The Bertz CT molecular complexity index is 711. The third-order valence-corrected chi connectivity index (χ3v) is 3.83. The highest BCUT2D eigenvalue weighted by molar-refractivity contribution is 7.13. The summed E-state index contributed by atoms with van der Waals surface area (Å²) in [5, 5.41) is 14.2. The number of carbonyl (C=O) groups is 1. The molecule has 0 radical (unpaired) electrons. The van der Waals surface area contributed by atoms with Crippen molar-refractivity contribution < 1.29 is 14.5 Å². The molecule has 0 bridgehead atoms. The topological polar surface area (TPSA) is 94.4 Å². The quantitative estimate of drug-likeness (QED) is 0.692. The Labute approximate surface area is 124 Å². The maximum absolute atomic E-state index is 12.2. The van der Waals surface area contributed by atoms with Gasteiger partial charge in [0.05, 0.1) is 34.5 Å². The Morgan fingerprint density at radius 2 is 2.14 bits per heavy atom. The molecular formula is C13H13N3O4S. The van der Waals surface area contributed by atoms with Crippen molar-refractivity contribution >= 4 is 28.6 Å². The van der Waals surface area contributed by atoms with Crippen molar-refractivity contribution in [2.75, 3.05) is 12.4 Å². The first-order chi connectivity index (χ1) is 9.92. The number of hydrogen-bond acceptors (Lipinski definition) is 6. The van der Waals surface area contributed by atoms with Gasteiger partial charge in [-0.2, -0.15) is 0 Å². The summed E-state index contributed by atoms with van der Waals surface area (Å²) >= 11 is 1.29. The van der Waals surface area contributed by atoms with Crippen LogP contribution in [0.25, 0.3) is 0 Å². The lowest BCUT2D eigenvalue weighted by atomic mass is 10.2. The fourth-order valence-corrected chi connectivity index (χ4v) is 2.63. The summed E-state index contributed by atoms with van der Waals surface area (Å²) in [6.45, 7) is 3.58. The summed E-state index contributed by atoms with van der Waals surface area (Å²) in [7, 11) is 1.39. The largest absolute Gasteiger partial charge is 0.494 e. The monoisotopic (exact) mass is 307 g/mol. The third-order valence-electron chi connectivity index (χ3n) is 2.75. The Hall–Kier alpha value is -2.48. The zero-order chi connectivity index (χ0) is 15.6. The number of nitro groups is 1. The molecule has 0 aliphatic carbocycles. The highest BCUT2D eigenvalue weighted by atomic mass is 32.1. The molecule has 1 aromatic carbocycles. The van der Waals surface area contributed by atoms with E-state index < -0.39 is 4.92 Å². The number of carbonyl (C=O) groups excluding carboxylic acids is 1.